The Labute approximate surface area is 111 Å². The maximum atomic E-state index is 9.34. The monoisotopic (exact) mass is 267 g/mol. The standard InChI is InChI=1S/C12H14ClN3S/c1-15-12(7-14,9-2-3-9)8-17-11-5-4-10(13)6-16-11/h4-6,9,15H,2-3,8H2,1H3. The summed E-state index contributed by atoms with van der Waals surface area (Å²) < 4.78 is 0. The SMILES string of the molecule is CNC(C#N)(CSc1ccc(Cl)cn1)C1CC1. The molecule has 90 valence electrons. The van der Waals surface area contributed by atoms with Crippen LogP contribution in [0.5, 0.6) is 0 Å². The second-order valence-electron chi connectivity index (χ2n) is 4.21. The molecule has 1 unspecified atom stereocenters. The van der Waals surface area contributed by atoms with Gasteiger partial charge in [-0.3, -0.25) is 0 Å². The normalized spacial score (nSPS) is 18.4. The first-order valence-electron chi connectivity index (χ1n) is 5.55. The van der Waals surface area contributed by atoms with Crippen LogP contribution in [0.2, 0.25) is 5.02 Å². The number of halogens is 1. The Morgan fingerprint density at radius 2 is 2.41 bits per heavy atom. The van der Waals surface area contributed by atoms with Crippen LogP contribution in [-0.4, -0.2) is 23.3 Å². The maximum Gasteiger partial charge on any atom is 0.118 e. The zero-order valence-corrected chi connectivity index (χ0v) is 11.2. The molecule has 5 heteroatoms. The molecule has 0 bridgehead atoms. The van der Waals surface area contributed by atoms with E-state index in [1.807, 2.05) is 19.2 Å². The smallest absolute Gasteiger partial charge is 0.118 e. The summed E-state index contributed by atoms with van der Waals surface area (Å²) in [6, 6.07) is 6.13. The first kappa shape index (κ1) is 12.7. The highest BCUT2D eigenvalue weighted by atomic mass is 35.5. The summed E-state index contributed by atoms with van der Waals surface area (Å²) in [5.74, 6) is 1.21. The van der Waals surface area contributed by atoms with E-state index in [1.54, 1.807) is 18.0 Å². The van der Waals surface area contributed by atoms with Gasteiger partial charge < -0.3 is 5.32 Å². The van der Waals surface area contributed by atoms with Gasteiger partial charge in [0.05, 0.1) is 16.1 Å². The molecule has 17 heavy (non-hydrogen) atoms. The number of hydrogen-bond donors (Lipinski definition) is 1. The van der Waals surface area contributed by atoms with Crippen LogP contribution >= 0.6 is 23.4 Å². The summed E-state index contributed by atoms with van der Waals surface area (Å²) in [7, 11) is 1.86. The van der Waals surface area contributed by atoms with E-state index in [4.69, 9.17) is 11.6 Å². The van der Waals surface area contributed by atoms with E-state index in [2.05, 4.69) is 16.4 Å². The van der Waals surface area contributed by atoms with Gasteiger partial charge >= 0.3 is 0 Å². The number of nitriles is 1. The molecule has 0 saturated heterocycles. The first-order valence-corrected chi connectivity index (χ1v) is 6.91. The van der Waals surface area contributed by atoms with Crippen LogP contribution in [0.4, 0.5) is 0 Å². The predicted octanol–water partition coefficient (Wildman–Crippen LogP) is 2.72. The van der Waals surface area contributed by atoms with Crippen molar-refractivity contribution in [3.63, 3.8) is 0 Å². The molecule has 1 aromatic rings. The van der Waals surface area contributed by atoms with Crippen LogP contribution in [-0.2, 0) is 0 Å². The van der Waals surface area contributed by atoms with Crippen molar-refractivity contribution in [3.05, 3.63) is 23.4 Å². The molecule has 1 aromatic heterocycles. The Bertz CT molecular complexity index is 424. The Balaban J connectivity index is 2.00. The molecule has 1 heterocycles. The summed E-state index contributed by atoms with van der Waals surface area (Å²) in [6.45, 7) is 0. The number of thioether (sulfide) groups is 1. The van der Waals surface area contributed by atoms with Crippen LogP contribution < -0.4 is 5.32 Å². The van der Waals surface area contributed by atoms with Crippen LogP contribution in [0.25, 0.3) is 0 Å². The third-order valence-corrected chi connectivity index (χ3v) is 4.43. The highest BCUT2D eigenvalue weighted by molar-refractivity contribution is 7.99. The van der Waals surface area contributed by atoms with E-state index in [0.29, 0.717) is 10.9 Å². The van der Waals surface area contributed by atoms with Crippen molar-refractivity contribution in [2.75, 3.05) is 12.8 Å². The molecule has 0 spiro atoms. The van der Waals surface area contributed by atoms with Crippen molar-refractivity contribution >= 4 is 23.4 Å². The molecule has 1 aliphatic carbocycles. The van der Waals surface area contributed by atoms with Gasteiger partial charge in [0.15, 0.2) is 0 Å². The first-order chi connectivity index (χ1) is 8.20. The van der Waals surface area contributed by atoms with Crippen molar-refractivity contribution in [2.45, 2.75) is 23.4 Å². The van der Waals surface area contributed by atoms with Crippen LogP contribution in [0.3, 0.4) is 0 Å². The van der Waals surface area contributed by atoms with Gasteiger partial charge in [-0.25, -0.2) is 4.98 Å². The van der Waals surface area contributed by atoms with Crippen LogP contribution in [0.1, 0.15) is 12.8 Å². The average Bonchev–Trinajstić information content (AvgIpc) is 3.18. The molecule has 1 fully saturated rings. The van der Waals surface area contributed by atoms with Gasteiger partial charge in [-0.1, -0.05) is 11.6 Å². The predicted molar refractivity (Wildman–Crippen MR) is 70.1 cm³/mol. The Morgan fingerprint density at radius 1 is 1.65 bits per heavy atom. The maximum absolute atomic E-state index is 9.34. The number of rotatable bonds is 5. The van der Waals surface area contributed by atoms with Gasteiger partial charge in [0.2, 0.25) is 0 Å². The lowest BCUT2D eigenvalue weighted by Crippen LogP contribution is -2.46. The molecule has 1 atom stereocenters. The van der Waals surface area contributed by atoms with E-state index < -0.39 is 5.54 Å². The zero-order valence-electron chi connectivity index (χ0n) is 9.61. The van der Waals surface area contributed by atoms with E-state index in [-0.39, 0.29) is 0 Å². The molecule has 3 nitrogen and oxygen atoms in total. The van der Waals surface area contributed by atoms with Gasteiger partial charge in [-0.15, -0.1) is 11.8 Å². The quantitative estimate of drug-likeness (QED) is 0.834. The van der Waals surface area contributed by atoms with Gasteiger partial charge in [0.1, 0.15) is 5.54 Å². The Kier molecular flexibility index (Phi) is 3.93. The summed E-state index contributed by atoms with van der Waals surface area (Å²) in [6.07, 6.45) is 3.92. The van der Waals surface area contributed by atoms with E-state index in [9.17, 15) is 5.26 Å². The van der Waals surface area contributed by atoms with Crippen molar-refractivity contribution in [3.8, 4) is 6.07 Å². The van der Waals surface area contributed by atoms with Gasteiger partial charge in [0.25, 0.3) is 0 Å². The molecule has 1 aliphatic rings. The van der Waals surface area contributed by atoms with Crippen LogP contribution in [0.15, 0.2) is 23.4 Å². The molecule has 1 N–H and O–H groups in total. The second kappa shape index (κ2) is 5.26. The number of nitrogens with one attached hydrogen (secondary N) is 1. The number of hydrogen-bond acceptors (Lipinski definition) is 4. The van der Waals surface area contributed by atoms with Gasteiger partial charge in [-0.05, 0) is 37.9 Å². The van der Waals surface area contributed by atoms with Crippen molar-refractivity contribution < 1.29 is 0 Å². The number of aromatic nitrogens is 1. The minimum Gasteiger partial charge on any atom is -0.302 e. The lowest BCUT2D eigenvalue weighted by atomic mass is 9.98. The van der Waals surface area contributed by atoms with Gasteiger partial charge in [-0.2, -0.15) is 5.26 Å². The van der Waals surface area contributed by atoms with Crippen molar-refractivity contribution in [1.29, 1.82) is 5.26 Å². The average molecular weight is 268 g/mol. The molecule has 2 rings (SSSR count). The van der Waals surface area contributed by atoms with Gasteiger partial charge in [0, 0.05) is 11.9 Å². The molecule has 0 radical (unpaired) electrons. The summed E-state index contributed by atoms with van der Waals surface area (Å²) in [4.78, 5) is 4.22. The third kappa shape index (κ3) is 2.92. The summed E-state index contributed by atoms with van der Waals surface area (Å²) in [5, 5.41) is 14.1. The topological polar surface area (TPSA) is 48.7 Å². The third-order valence-electron chi connectivity index (χ3n) is 3.07. The fourth-order valence-electron chi connectivity index (χ4n) is 1.79. The fourth-order valence-corrected chi connectivity index (χ4v) is 3.01. The summed E-state index contributed by atoms with van der Waals surface area (Å²) >= 11 is 7.38. The minimum absolute atomic E-state index is 0.411. The highest BCUT2D eigenvalue weighted by Gasteiger charge is 2.44. The molecule has 0 aliphatic heterocycles. The van der Waals surface area contributed by atoms with Crippen molar-refractivity contribution in [2.24, 2.45) is 5.92 Å². The summed E-state index contributed by atoms with van der Waals surface area (Å²) in [5.41, 5.74) is -0.411. The molecule has 0 aromatic carbocycles. The second-order valence-corrected chi connectivity index (χ2v) is 5.64. The number of nitrogens with zero attached hydrogens (tertiary/aromatic N) is 2. The van der Waals surface area contributed by atoms with E-state index >= 15 is 0 Å². The fraction of sp³-hybridized carbons (Fsp3) is 0.500. The molecule has 1 saturated carbocycles. The molecular weight excluding hydrogens is 254 g/mol. The molecule has 0 amide bonds. The Hall–Kier alpha value is -0.760. The lowest BCUT2D eigenvalue weighted by molar-refractivity contribution is 0.441. The lowest BCUT2D eigenvalue weighted by Gasteiger charge is -2.25. The zero-order chi connectivity index (χ0) is 12.3. The Morgan fingerprint density at radius 3 is 2.88 bits per heavy atom. The molecular formula is C12H14ClN3S. The van der Waals surface area contributed by atoms with E-state index in [1.165, 1.54) is 0 Å². The largest absolute Gasteiger partial charge is 0.302 e. The highest BCUT2D eigenvalue weighted by Crippen LogP contribution is 2.41. The van der Waals surface area contributed by atoms with Crippen molar-refractivity contribution in [1.82, 2.24) is 10.3 Å². The number of pyridine rings is 1. The minimum atomic E-state index is -0.411. The van der Waals surface area contributed by atoms with E-state index in [0.717, 1.165) is 23.6 Å². The van der Waals surface area contributed by atoms with Crippen LogP contribution in [0, 0.1) is 17.2 Å².